The summed E-state index contributed by atoms with van der Waals surface area (Å²) in [7, 11) is 0. The number of halogens is 2. The van der Waals surface area contributed by atoms with E-state index in [-0.39, 0.29) is 11.6 Å². The van der Waals surface area contributed by atoms with Crippen molar-refractivity contribution in [3.63, 3.8) is 0 Å². The summed E-state index contributed by atoms with van der Waals surface area (Å²) in [5.74, 6) is -0.489. The van der Waals surface area contributed by atoms with Crippen LogP contribution in [0, 0.1) is 18.6 Å². The molecule has 1 aromatic heterocycles. The quantitative estimate of drug-likeness (QED) is 0.604. The van der Waals surface area contributed by atoms with Crippen LogP contribution in [0.2, 0.25) is 0 Å². The Balaban J connectivity index is 1.87. The monoisotopic (exact) mass is 356 g/mol. The summed E-state index contributed by atoms with van der Waals surface area (Å²) >= 11 is 1.64. The highest BCUT2D eigenvalue weighted by atomic mass is 32.2. The standard InChI is InChI=1S/C20H18F2N2S/c1-13-18(11-14-3-7-16(21)8-4-14)23-24-19(20(13)25-2)12-15-5-9-17(22)10-6-15/h3-10H,11-12H2,1-2H3. The topological polar surface area (TPSA) is 25.8 Å². The average Bonchev–Trinajstić information content (AvgIpc) is 2.61. The third-order valence-corrected chi connectivity index (χ3v) is 5.05. The molecule has 3 rings (SSSR count). The summed E-state index contributed by atoms with van der Waals surface area (Å²) in [6.45, 7) is 2.04. The lowest BCUT2D eigenvalue weighted by Gasteiger charge is -2.13. The van der Waals surface area contributed by atoms with E-state index in [4.69, 9.17) is 0 Å². The smallest absolute Gasteiger partial charge is 0.123 e. The number of nitrogens with zero attached hydrogens (tertiary/aromatic N) is 2. The molecule has 0 bridgehead atoms. The molecule has 2 nitrogen and oxygen atoms in total. The summed E-state index contributed by atoms with van der Waals surface area (Å²) < 4.78 is 26.1. The second-order valence-corrected chi connectivity index (χ2v) is 6.67. The summed E-state index contributed by atoms with van der Waals surface area (Å²) in [5.41, 5.74) is 4.86. The summed E-state index contributed by atoms with van der Waals surface area (Å²) in [5, 5.41) is 8.79. The molecule has 0 aliphatic heterocycles. The fourth-order valence-corrected chi connectivity index (χ4v) is 3.51. The van der Waals surface area contributed by atoms with Crippen LogP contribution in [0.1, 0.15) is 28.1 Å². The first kappa shape index (κ1) is 17.5. The zero-order valence-electron chi connectivity index (χ0n) is 14.1. The van der Waals surface area contributed by atoms with Crippen LogP contribution in [0.25, 0.3) is 0 Å². The molecule has 0 saturated heterocycles. The minimum Gasteiger partial charge on any atom is -0.207 e. The largest absolute Gasteiger partial charge is 0.207 e. The second kappa shape index (κ2) is 7.74. The molecule has 0 atom stereocenters. The first-order valence-corrected chi connectivity index (χ1v) is 9.17. The van der Waals surface area contributed by atoms with Crippen molar-refractivity contribution in [1.29, 1.82) is 0 Å². The second-order valence-electron chi connectivity index (χ2n) is 5.86. The van der Waals surface area contributed by atoms with E-state index < -0.39 is 0 Å². The van der Waals surface area contributed by atoms with Gasteiger partial charge in [0, 0.05) is 17.7 Å². The highest BCUT2D eigenvalue weighted by Crippen LogP contribution is 2.27. The molecule has 3 aromatic rings. The molecule has 5 heteroatoms. The minimum atomic E-state index is -0.245. The molecular formula is C20H18F2N2S. The zero-order chi connectivity index (χ0) is 17.8. The number of rotatable bonds is 5. The predicted molar refractivity (Wildman–Crippen MR) is 97.0 cm³/mol. The van der Waals surface area contributed by atoms with Crippen molar-refractivity contribution in [1.82, 2.24) is 10.2 Å². The summed E-state index contributed by atoms with van der Waals surface area (Å²) in [4.78, 5) is 1.09. The van der Waals surface area contributed by atoms with Gasteiger partial charge in [0.25, 0.3) is 0 Å². The van der Waals surface area contributed by atoms with Crippen LogP contribution in [0.4, 0.5) is 8.78 Å². The van der Waals surface area contributed by atoms with Gasteiger partial charge in [-0.05, 0) is 54.1 Å². The Hall–Kier alpha value is -2.27. The first-order valence-electron chi connectivity index (χ1n) is 7.94. The van der Waals surface area contributed by atoms with Crippen LogP contribution in [-0.4, -0.2) is 16.5 Å². The molecule has 25 heavy (non-hydrogen) atoms. The van der Waals surface area contributed by atoms with E-state index in [1.165, 1.54) is 24.3 Å². The predicted octanol–water partition coefficient (Wildman–Crippen LogP) is 4.97. The van der Waals surface area contributed by atoms with Crippen LogP contribution in [0.15, 0.2) is 53.4 Å². The van der Waals surface area contributed by atoms with E-state index in [0.29, 0.717) is 12.8 Å². The lowest BCUT2D eigenvalue weighted by Crippen LogP contribution is -2.06. The van der Waals surface area contributed by atoms with Gasteiger partial charge >= 0.3 is 0 Å². The maximum Gasteiger partial charge on any atom is 0.123 e. The summed E-state index contributed by atoms with van der Waals surface area (Å²) in [6, 6.07) is 12.9. The Morgan fingerprint density at radius 1 is 0.760 bits per heavy atom. The van der Waals surface area contributed by atoms with Crippen molar-refractivity contribution in [2.45, 2.75) is 24.7 Å². The van der Waals surface area contributed by atoms with Gasteiger partial charge in [0.15, 0.2) is 0 Å². The van der Waals surface area contributed by atoms with Crippen LogP contribution in [0.5, 0.6) is 0 Å². The first-order chi connectivity index (χ1) is 12.1. The van der Waals surface area contributed by atoms with E-state index in [2.05, 4.69) is 10.2 Å². The van der Waals surface area contributed by atoms with Crippen molar-refractivity contribution < 1.29 is 8.78 Å². The number of hydrogen-bond donors (Lipinski definition) is 0. The summed E-state index contributed by atoms with van der Waals surface area (Å²) in [6.07, 6.45) is 3.24. The molecule has 0 aliphatic carbocycles. The van der Waals surface area contributed by atoms with Crippen LogP contribution in [0.3, 0.4) is 0 Å². The van der Waals surface area contributed by atoms with Gasteiger partial charge in [-0.1, -0.05) is 24.3 Å². The van der Waals surface area contributed by atoms with E-state index >= 15 is 0 Å². The number of thioether (sulfide) groups is 1. The average molecular weight is 356 g/mol. The number of hydrogen-bond acceptors (Lipinski definition) is 3. The lowest BCUT2D eigenvalue weighted by molar-refractivity contribution is 0.626. The molecule has 0 fully saturated rings. The molecule has 0 aliphatic rings. The fourth-order valence-electron chi connectivity index (χ4n) is 2.73. The van der Waals surface area contributed by atoms with Crippen molar-refractivity contribution in [3.05, 3.63) is 88.2 Å². The van der Waals surface area contributed by atoms with Gasteiger partial charge in [-0.15, -0.1) is 11.8 Å². The Bertz CT molecular complexity index is 862. The Labute approximate surface area is 150 Å². The number of benzene rings is 2. The van der Waals surface area contributed by atoms with Crippen LogP contribution >= 0.6 is 11.8 Å². The highest BCUT2D eigenvalue weighted by molar-refractivity contribution is 7.98. The third kappa shape index (κ3) is 4.23. The van der Waals surface area contributed by atoms with E-state index in [1.807, 2.05) is 13.2 Å². The van der Waals surface area contributed by atoms with Crippen molar-refractivity contribution in [3.8, 4) is 0 Å². The lowest BCUT2D eigenvalue weighted by atomic mass is 10.0. The van der Waals surface area contributed by atoms with Crippen molar-refractivity contribution >= 4 is 11.8 Å². The SMILES string of the molecule is CSc1c(Cc2ccc(F)cc2)nnc(Cc2ccc(F)cc2)c1C. The van der Waals surface area contributed by atoms with Gasteiger partial charge in [0.05, 0.1) is 11.4 Å². The van der Waals surface area contributed by atoms with Crippen LogP contribution < -0.4 is 0 Å². The zero-order valence-corrected chi connectivity index (χ0v) is 14.9. The molecule has 0 amide bonds. The molecule has 0 spiro atoms. The molecule has 1 heterocycles. The van der Waals surface area contributed by atoms with Gasteiger partial charge in [-0.25, -0.2) is 8.78 Å². The van der Waals surface area contributed by atoms with Crippen molar-refractivity contribution in [2.24, 2.45) is 0 Å². The molecule has 0 N–H and O–H groups in total. The minimum absolute atomic E-state index is 0.244. The van der Waals surface area contributed by atoms with Crippen LogP contribution in [-0.2, 0) is 12.8 Å². The number of aromatic nitrogens is 2. The Morgan fingerprint density at radius 2 is 1.20 bits per heavy atom. The van der Waals surface area contributed by atoms with E-state index in [9.17, 15) is 8.78 Å². The maximum absolute atomic E-state index is 13.1. The Kier molecular flexibility index (Phi) is 5.43. The normalized spacial score (nSPS) is 10.9. The molecule has 128 valence electrons. The van der Waals surface area contributed by atoms with Gasteiger partial charge in [-0.3, -0.25) is 0 Å². The maximum atomic E-state index is 13.1. The molecule has 0 radical (unpaired) electrons. The molecule has 0 saturated carbocycles. The van der Waals surface area contributed by atoms with E-state index in [1.54, 1.807) is 36.0 Å². The van der Waals surface area contributed by atoms with Gasteiger partial charge in [-0.2, -0.15) is 10.2 Å². The Morgan fingerprint density at radius 3 is 1.68 bits per heavy atom. The highest BCUT2D eigenvalue weighted by Gasteiger charge is 2.14. The van der Waals surface area contributed by atoms with Gasteiger partial charge in [0.2, 0.25) is 0 Å². The molecular weight excluding hydrogens is 338 g/mol. The van der Waals surface area contributed by atoms with E-state index in [0.717, 1.165) is 33.0 Å². The third-order valence-electron chi connectivity index (χ3n) is 4.10. The van der Waals surface area contributed by atoms with Gasteiger partial charge in [0.1, 0.15) is 11.6 Å². The molecule has 0 unspecified atom stereocenters. The van der Waals surface area contributed by atoms with Crippen molar-refractivity contribution in [2.75, 3.05) is 6.26 Å². The molecule has 2 aromatic carbocycles. The fraction of sp³-hybridized carbons (Fsp3) is 0.200. The van der Waals surface area contributed by atoms with Gasteiger partial charge < -0.3 is 0 Å².